The number of carboxylic acids is 1. The van der Waals surface area contributed by atoms with Crippen LogP contribution in [0.2, 0.25) is 0 Å². The van der Waals surface area contributed by atoms with Gasteiger partial charge >= 0.3 is 5.97 Å². The highest BCUT2D eigenvalue weighted by atomic mass is 16.5. The number of hydrazone groups is 1. The van der Waals surface area contributed by atoms with Crippen LogP contribution in [0.5, 0.6) is 5.75 Å². The number of aliphatic carboxylic acids is 1. The Balaban J connectivity index is 1.90. The van der Waals surface area contributed by atoms with E-state index < -0.39 is 5.97 Å². The lowest BCUT2D eigenvalue weighted by Crippen LogP contribution is -2.27. The van der Waals surface area contributed by atoms with Crippen LogP contribution >= 0.6 is 0 Å². The highest BCUT2D eigenvalue weighted by Crippen LogP contribution is 2.33. The fraction of sp³-hybridized carbons (Fsp3) is 0.250. The van der Waals surface area contributed by atoms with Crippen LogP contribution in [0.25, 0.3) is 0 Å². The Bertz CT molecular complexity index is 833. The number of ether oxygens (including phenoxy) is 1. The van der Waals surface area contributed by atoms with E-state index in [1.807, 2.05) is 54.6 Å². The molecule has 134 valence electrons. The van der Waals surface area contributed by atoms with E-state index in [4.69, 9.17) is 9.84 Å². The summed E-state index contributed by atoms with van der Waals surface area (Å²) in [6.07, 6.45) is 0.282. The fourth-order valence-electron chi connectivity index (χ4n) is 2.98. The maximum absolute atomic E-state index is 12.6. The zero-order chi connectivity index (χ0) is 18.5. The van der Waals surface area contributed by atoms with Crippen molar-refractivity contribution < 1.29 is 19.4 Å². The van der Waals surface area contributed by atoms with Crippen molar-refractivity contribution in [2.75, 3.05) is 7.11 Å². The molecule has 0 spiro atoms. The van der Waals surface area contributed by atoms with Crippen LogP contribution < -0.4 is 4.74 Å². The van der Waals surface area contributed by atoms with Gasteiger partial charge in [-0.3, -0.25) is 9.59 Å². The van der Waals surface area contributed by atoms with Crippen LogP contribution in [-0.2, 0) is 9.59 Å². The number of rotatable bonds is 6. The number of hydrogen-bond donors (Lipinski definition) is 1. The molecule has 0 aliphatic carbocycles. The molecule has 1 amide bonds. The average molecular weight is 352 g/mol. The van der Waals surface area contributed by atoms with E-state index in [0.717, 1.165) is 22.6 Å². The number of amides is 1. The topological polar surface area (TPSA) is 79.2 Å². The standard InChI is InChI=1S/C20H20N2O4/c1-26-16-9-5-8-15(12-16)17-13-18(14-6-3-2-4-7-14)22(21-17)19(23)10-11-20(24)25/h2-9,12,18H,10-11,13H2,1H3,(H,24,25). The second-order valence-corrected chi connectivity index (χ2v) is 6.04. The third kappa shape index (κ3) is 3.91. The van der Waals surface area contributed by atoms with Crippen molar-refractivity contribution in [3.8, 4) is 5.75 Å². The third-order valence-corrected chi connectivity index (χ3v) is 4.31. The summed E-state index contributed by atoms with van der Waals surface area (Å²) in [6, 6.07) is 16.9. The molecule has 0 saturated heterocycles. The number of carboxylic acid groups (broad SMARTS) is 1. The molecule has 2 aromatic carbocycles. The summed E-state index contributed by atoms with van der Waals surface area (Å²) in [5.74, 6) is -0.568. The van der Waals surface area contributed by atoms with Gasteiger partial charge in [-0.05, 0) is 17.7 Å². The number of hydrogen-bond acceptors (Lipinski definition) is 4. The molecule has 0 radical (unpaired) electrons. The lowest BCUT2D eigenvalue weighted by Gasteiger charge is -2.21. The van der Waals surface area contributed by atoms with E-state index >= 15 is 0 Å². The highest BCUT2D eigenvalue weighted by molar-refractivity contribution is 6.03. The van der Waals surface area contributed by atoms with Gasteiger partial charge in [-0.25, -0.2) is 5.01 Å². The Morgan fingerprint density at radius 2 is 1.92 bits per heavy atom. The van der Waals surface area contributed by atoms with Crippen molar-refractivity contribution in [3.63, 3.8) is 0 Å². The molecule has 1 aliphatic heterocycles. The molecule has 0 bridgehead atoms. The fourth-order valence-corrected chi connectivity index (χ4v) is 2.98. The molecule has 0 saturated carbocycles. The van der Waals surface area contributed by atoms with Crippen LogP contribution in [0.4, 0.5) is 0 Å². The molecule has 0 aromatic heterocycles. The molecule has 26 heavy (non-hydrogen) atoms. The first-order chi connectivity index (χ1) is 12.6. The van der Waals surface area contributed by atoms with Gasteiger partial charge < -0.3 is 9.84 Å². The Morgan fingerprint density at radius 3 is 2.62 bits per heavy atom. The molecule has 1 aliphatic rings. The Kier molecular flexibility index (Phi) is 5.31. The monoisotopic (exact) mass is 352 g/mol. The molecule has 6 heteroatoms. The molecule has 1 N–H and O–H groups in total. The van der Waals surface area contributed by atoms with Gasteiger partial charge in [-0.15, -0.1) is 0 Å². The minimum atomic E-state index is -0.995. The normalized spacial score (nSPS) is 16.3. The SMILES string of the molecule is COc1cccc(C2=NN(C(=O)CCC(=O)O)C(c3ccccc3)C2)c1. The summed E-state index contributed by atoms with van der Waals surface area (Å²) >= 11 is 0. The molecule has 1 atom stereocenters. The maximum atomic E-state index is 12.6. The van der Waals surface area contributed by atoms with Crippen molar-refractivity contribution in [2.24, 2.45) is 5.10 Å². The van der Waals surface area contributed by atoms with Crippen molar-refractivity contribution in [3.05, 3.63) is 65.7 Å². The first kappa shape index (κ1) is 17.7. The van der Waals surface area contributed by atoms with Crippen LogP contribution in [0.15, 0.2) is 59.7 Å². The number of carbonyl (C=O) groups is 2. The van der Waals surface area contributed by atoms with E-state index in [-0.39, 0.29) is 24.8 Å². The molecular formula is C20H20N2O4. The zero-order valence-corrected chi connectivity index (χ0v) is 14.5. The van der Waals surface area contributed by atoms with Crippen LogP contribution in [0.1, 0.15) is 36.4 Å². The summed E-state index contributed by atoms with van der Waals surface area (Å²) in [5.41, 5.74) is 2.64. The summed E-state index contributed by atoms with van der Waals surface area (Å²) in [6.45, 7) is 0. The molecule has 1 unspecified atom stereocenters. The Hall–Kier alpha value is -3.15. The largest absolute Gasteiger partial charge is 0.497 e. The Labute approximate surface area is 151 Å². The second-order valence-electron chi connectivity index (χ2n) is 6.04. The average Bonchev–Trinajstić information content (AvgIpc) is 3.12. The number of nitrogens with zero attached hydrogens (tertiary/aromatic N) is 2. The minimum absolute atomic E-state index is 0.0758. The van der Waals surface area contributed by atoms with Gasteiger partial charge in [-0.1, -0.05) is 42.5 Å². The predicted octanol–water partition coefficient (Wildman–Crippen LogP) is 3.24. The van der Waals surface area contributed by atoms with Gasteiger partial charge in [-0.2, -0.15) is 5.10 Å². The molecule has 3 rings (SSSR count). The lowest BCUT2D eigenvalue weighted by atomic mass is 9.98. The van der Waals surface area contributed by atoms with Gasteiger partial charge in [0.15, 0.2) is 0 Å². The van der Waals surface area contributed by atoms with Crippen molar-refractivity contribution in [2.45, 2.75) is 25.3 Å². The highest BCUT2D eigenvalue weighted by Gasteiger charge is 2.33. The number of methoxy groups -OCH3 is 1. The van der Waals surface area contributed by atoms with Gasteiger partial charge in [0.2, 0.25) is 5.91 Å². The quantitative estimate of drug-likeness (QED) is 0.865. The number of carbonyl (C=O) groups excluding carboxylic acids is 1. The number of benzene rings is 2. The minimum Gasteiger partial charge on any atom is -0.497 e. The second kappa shape index (κ2) is 7.82. The van der Waals surface area contributed by atoms with Gasteiger partial charge in [0, 0.05) is 18.4 Å². The van der Waals surface area contributed by atoms with Crippen molar-refractivity contribution in [1.29, 1.82) is 0 Å². The Morgan fingerprint density at radius 1 is 1.15 bits per heavy atom. The molecule has 6 nitrogen and oxygen atoms in total. The first-order valence-corrected chi connectivity index (χ1v) is 8.39. The van der Waals surface area contributed by atoms with Gasteiger partial charge in [0.25, 0.3) is 0 Å². The van der Waals surface area contributed by atoms with E-state index in [0.29, 0.717) is 6.42 Å². The summed E-state index contributed by atoms with van der Waals surface area (Å²) in [5, 5.41) is 14.8. The predicted molar refractivity (Wildman–Crippen MR) is 97.0 cm³/mol. The van der Waals surface area contributed by atoms with Crippen molar-refractivity contribution >= 4 is 17.6 Å². The lowest BCUT2D eigenvalue weighted by molar-refractivity contribution is -0.141. The molecule has 0 fully saturated rings. The van der Waals surface area contributed by atoms with E-state index in [9.17, 15) is 9.59 Å². The summed E-state index contributed by atoms with van der Waals surface area (Å²) in [4.78, 5) is 23.4. The third-order valence-electron chi connectivity index (χ3n) is 4.31. The summed E-state index contributed by atoms with van der Waals surface area (Å²) < 4.78 is 5.26. The molecular weight excluding hydrogens is 332 g/mol. The van der Waals surface area contributed by atoms with Crippen molar-refractivity contribution in [1.82, 2.24) is 5.01 Å². The first-order valence-electron chi connectivity index (χ1n) is 8.39. The molecule has 1 heterocycles. The molecule has 2 aromatic rings. The zero-order valence-electron chi connectivity index (χ0n) is 14.5. The van der Waals surface area contributed by atoms with E-state index in [1.54, 1.807) is 7.11 Å². The van der Waals surface area contributed by atoms with Crippen LogP contribution in [0, 0.1) is 0 Å². The van der Waals surface area contributed by atoms with Crippen LogP contribution in [-0.4, -0.2) is 34.8 Å². The van der Waals surface area contributed by atoms with E-state index in [1.165, 1.54) is 5.01 Å². The van der Waals surface area contributed by atoms with Gasteiger partial charge in [0.05, 0.1) is 25.3 Å². The van der Waals surface area contributed by atoms with Crippen LogP contribution in [0.3, 0.4) is 0 Å². The maximum Gasteiger partial charge on any atom is 0.303 e. The summed E-state index contributed by atoms with van der Waals surface area (Å²) in [7, 11) is 1.60. The van der Waals surface area contributed by atoms with E-state index in [2.05, 4.69) is 5.10 Å². The smallest absolute Gasteiger partial charge is 0.303 e. The van der Waals surface area contributed by atoms with Gasteiger partial charge in [0.1, 0.15) is 5.75 Å².